The lowest BCUT2D eigenvalue weighted by molar-refractivity contribution is -0.350. The van der Waals surface area contributed by atoms with Crippen LogP contribution >= 0.6 is 59.3 Å². The summed E-state index contributed by atoms with van der Waals surface area (Å²) in [4.78, 5) is 0. The van der Waals surface area contributed by atoms with Crippen molar-refractivity contribution in [3.63, 3.8) is 0 Å². The highest BCUT2D eigenvalue weighted by atomic mass is 32.2. The summed E-state index contributed by atoms with van der Waals surface area (Å²) in [5.74, 6) is 0.628. The van der Waals surface area contributed by atoms with E-state index in [4.69, 9.17) is 88.0 Å². The standard InChI is InChI=1S/C67H120N2O42S5/c1-26-34(104-59(46(88)35(26)77)108-54-30(17-73)103-58(96-2)50(92)42(54)84)21-113-13-6-68-66(112)69-22-67(23-97-7-3-10-114-63-51(93)43(85)55(31(18-74)105-63)109-60-47(89)39(81)36(78)27(14-70)100-60,24-98-8-4-11-115-64-52(94)44(86)56(32(19-75)106-64)110-61-48(90)40(82)37(79)28(15-71)101-61)25-99-9-5-12-116-65-53(95)45(87)57(33(20-76)107-65)111-62-49(91)41(83)38(80)29(16-72)102-62/h26-65,70-95H,3-25H2,1-2H3,(H2,68,69,112)/t26?,27?,28?,29?,30?,31?,32?,33?,34?,35?,36-,37-,38-,39-,40-,41-,42?,43+,44+,45+,46?,47?,48?,49?,50?,51?,52?,53?,54?,55-,56-,57-,58+,59-,60-,61-,62-,63-,64-,65-,67?/m0/s1. The van der Waals surface area contributed by atoms with Gasteiger partial charge in [-0.1, -0.05) is 6.92 Å². The average Bonchev–Trinajstić information content (AvgIpc) is 0.797. The van der Waals surface area contributed by atoms with Crippen molar-refractivity contribution in [3.8, 4) is 0 Å². The van der Waals surface area contributed by atoms with Gasteiger partial charge in [0.25, 0.3) is 0 Å². The maximum Gasteiger partial charge on any atom is 0.187 e. The summed E-state index contributed by atoms with van der Waals surface area (Å²) in [5, 5.41) is 282. The highest BCUT2D eigenvalue weighted by Crippen LogP contribution is 2.39. The van der Waals surface area contributed by atoms with Crippen LogP contribution in [-0.2, 0) is 75.8 Å². The first kappa shape index (κ1) is 101. The minimum absolute atomic E-state index is 0.0149. The van der Waals surface area contributed by atoms with Crippen molar-refractivity contribution in [1.82, 2.24) is 10.6 Å². The molecule has 49 heteroatoms. The number of aliphatic hydroxyl groups excluding tert-OH is 26. The first-order valence-electron chi connectivity index (χ1n) is 38.1. The maximum atomic E-state index is 11.3. The van der Waals surface area contributed by atoms with Crippen molar-refractivity contribution < 1.29 is 209 Å². The van der Waals surface area contributed by atoms with Gasteiger partial charge in [-0.25, -0.2) is 0 Å². The van der Waals surface area contributed by atoms with Crippen LogP contribution in [0.25, 0.3) is 0 Å². The van der Waals surface area contributed by atoms with Gasteiger partial charge in [0, 0.05) is 57.4 Å². The van der Waals surface area contributed by atoms with Crippen LogP contribution in [0.15, 0.2) is 0 Å². The van der Waals surface area contributed by atoms with Gasteiger partial charge in [0.2, 0.25) is 0 Å². The van der Waals surface area contributed by atoms with E-state index in [9.17, 15) is 133 Å². The van der Waals surface area contributed by atoms with Crippen molar-refractivity contribution in [2.45, 2.75) is 263 Å². The fraction of sp³-hybridized carbons (Fsp3) is 0.985. The number of thioether (sulfide) groups is 4. The van der Waals surface area contributed by atoms with Crippen molar-refractivity contribution >= 4 is 64.4 Å². The normalized spacial score (nSPS) is 44.4. The molecule has 8 saturated heterocycles. The molecular weight excluding hydrogens is 1670 g/mol. The van der Waals surface area contributed by atoms with E-state index < -0.39 is 295 Å². The Hall–Kier alpha value is -0.590. The maximum absolute atomic E-state index is 11.3. The number of hydrogen-bond donors (Lipinski definition) is 28. The second-order valence-electron chi connectivity index (χ2n) is 29.5. The highest BCUT2D eigenvalue weighted by molar-refractivity contribution is 8.00. The molecule has 44 nitrogen and oxygen atoms in total. The second-order valence-corrected chi connectivity index (χ2v) is 34.6. The number of thiocarbonyl (C=S) groups is 1. The quantitative estimate of drug-likeness (QED) is 0.0199. The highest BCUT2D eigenvalue weighted by Gasteiger charge is 2.56. The van der Waals surface area contributed by atoms with E-state index in [2.05, 4.69) is 10.6 Å². The van der Waals surface area contributed by atoms with Gasteiger partial charge in [0.05, 0.1) is 83.7 Å². The number of hydrogen-bond acceptors (Lipinski definition) is 47. The molecule has 40 atom stereocenters. The smallest absolute Gasteiger partial charge is 0.187 e. The monoisotopic (exact) mass is 1780 g/mol. The number of methoxy groups -OCH3 is 1. The summed E-state index contributed by atoms with van der Waals surface area (Å²) in [6.07, 6.45) is -56.1. The summed E-state index contributed by atoms with van der Waals surface area (Å²) in [7, 11) is 1.23. The Bertz CT molecular complexity index is 2570. The molecule has 8 aliphatic rings. The topological polar surface area (TPSA) is 698 Å². The molecule has 0 spiro atoms. The average molecular weight is 1790 g/mol. The van der Waals surface area contributed by atoms with Crippen molar-refractivity contribution in [2.24, 2.45) is 11.3 Å². The molecule has 0 amide bonds. The van der Waals surface area contributed by atoms with Crippen LogP contribution in [0.5, 0.6) is 0 Å². The fourth-order valence-electron chi connectivity index (χ4n) is 14.0. The van der Waals surface area contributed by atoms with E-state index in [1.54, 1.807) is 6.92 Å². The summed E-state index contributed by atoms with van der Waals surface area (Å²) < 4.78 is 93.1. The summed E-state index contributed by atoms with van der Waals surface area (Å²) in [6, 6.07) is 0. The van der Waals surface area contributed by atoms with Crippen LogP contribution in [0, 0.1) is 11.3 Å². The fourth-order valence-corrected chi connectivity index (χ4v) is 18.5. The lowest BCUT2D eigenvalue weighted by atomic mass is 9.90. The molecule has 0 saturated carbocycles. The lowest BCUT2D eigenvalue weighted by Gasteiger charge is -2.46. The first-order valence-corrected chi connectivity index (χ1v) is 42.8. The largest absolute Gasteiger partial charge is 0.394 e. The molecule has 0 bridgehead atoms. The number of ether oxygens (including phenoxy) is 16. The van der Waals surface area contributed by atoms with E-state index >= 15 is 0 Å². The molecule has 0 aromatic rings. The molecule has 0 aliphatic carbocycles. The molecule has 0 aromatic carbocycles. The van der Waals surface area contributed by atoms with Gasteiger partial charge >= 0.3 is 0 Å². The minimum Gasteiger partial charge on any atom is -0.394 e. The third-order valence-corrected chi connectivity index (χ3v) is 26.2. The van der Waals surface area contributed by atoms with Gasteiger partial charge < -0.3 is 219 Å². The molecule has 8 aliphatic heterocycles. The summed E-state index contributed by atoms with van der Waals surface area (Å²) in [6.45, 7) is -3.67. The number of aliphatic hydroxyl groups is 26. The van der Waals surface area contributed by atoms with Crippen LogP contribution in [-0.4, -0.2) is 510 Å². The second kappa shape index (κ2) is 48.9. The Morgan fingerprint density at radius 1 is 0.336 bits per heavy atom. The van der Waals surface area contributed by atoms with E-state index in [0.29, 0.717) is 5.75 Å². The Morgan fingerprint density at radius 3 is 0.957 bits per heavy atom. The Labute approximate surface area is 689 Å². The molecule has 20 unspecified atom stereocenters. The molecular formula is C67H120N2O42S5. The molecule has 28 N–H and O–H groups in total. The zero-order chi connectivity index (χ0) is 85.0. The van der Waals surface area contributed by atoms with Gasteiger partial charge in [0.15, 0.2) is 36.6 Å². The van der Waals surface area contributed by atoms with Gasteiger partial charge in [0.1, 0.15) is 193 Å². The molecule has 680 valence electrons. The SMILES string of the molecule is CO[C@@H]1OC(CO)C(O[C@@H]2OC(CSCCNC(=S)NCC(COCCCS[C@@H]3OC(CO)[C@H](O[C@@H]4OC(CO)[C@H](O)[C@H](O)C4O)[C@H](O)C3O)(COCCCS[C@@H]3OC(CO)[C@H](O[C@@H]4OC(CO)[C@H](O)[C@H](O)C4O)[C@H](O)C3O)COCCCS[C@@H]3OC(CO)[C@H](O[C@@H]4OC(CO)[C@H](O)[C@H](O)C4O)[C@H](O)C3O)C(C)C(O)C2O)C(O)C1O. The van der Waals surface area contributed by atoms with Gasteiger partial charge in [-0.3, -0.25) is 0 Å². The molecule has 8 rings (SSSR count). The first-order chi connectivity index (χ1) is 55.4. The van der Waals surface area contributed by atoms with Crippen LogP contribution in [0.4, 0.5) is 0 Å². The molecule has 0 radical (unpaired) electrons. The van der Waals surface area contributed by atoms with Crippen LogP contribution < -0.4 is 10.6 Å². The van der Waals surface area contributed by atoms with E-state index in [1.165, 1.54) is 18.9 Å². The Balaban J connectivity index is 0.921. The van der Waals surface area contributed by atoms with Crippen LogP contribution in [0.1, 0.15) is 26.2 Å². The van der Waals surface area contributed by atoms with Gasteiger partial charge in [-0.2, -0.15) is 11.8 Å². The van der Waals surface area contributed by atoms with E-state index in [-0.39, 0.29) is 100 Å². The third-order valence-electron chi connectivity index (χ3n) is 21.1. The third kappa shape index (κ3) is 25.9. The minimum atomic E-state index is -1.88. The predicted molar refractivity (Wildman–Crippen MR) is 401 cm³/mol. The molecule has 0 aromatic heterocycles. The van der Waals surface area contributed by atoms with Crippen molar-refractivity contribution in [3.05, 3.63) is 0 Å². The number of rotatable bonds is 44. The van der Waals surface area contributed by atoms with Crippen LogP contribution in [0.2, 0.25) is 0 Å². The molecule has 8 fully saturated rings. The molecule has 8 heterocycles. The summed E-state index contributed by atoms with van der Waals surface area (Å²) in [5.41, 5.74) is -4.66. The van der Waals surface area contributed by atoms with E-state index in [1.807, 2.05) is 0 Å². The Kier molecular flexibility index (Phi) is 42.5. The lowest BCUT2D eigenvalue weighted by Crippen LogP contribution is -2.64. The van der Waals surface area contributed by atoms with Crippen molar-refractivity contribution in [2.75, 3.05) is 135 Å². The zero-order valence-corrected chi connectivity index (χ0v) is 67.6. The zero-order valence-electron chi connectivity index (χ0n) is 63.6. The van der Waals surface area contributed by atoms with Gasteiger partial charge in [-0.05, 0) is 48.7 Å². The van der Waals surface area contributed by atoms with Gasteiger partial charge in [-0.15, -0.1) is 35.3 Å². The van der Waals surface area contributed by atoms with Crippen LogP contribution in [0.3, 0.4) is 0 Å². The van der Waals surface area contributed by atoms with Crippen molar-refractivity contribution in [1.29, 1.82) is 0 Å². The van der Waals surface area contributed by atoms with E-state index in [0.717, 1.165) is 35.3 Å². The Morgan fingerprint density at radius 2 is 0.629 bits per heavy atom. The summed E-state index contributed by atoms with van der Waals surface area (Å²) >= 11 is 10.3. The number of nitrogens with one attached hydrogen (secondary N) is 2. The molecule has 116 heavy (non-hydrogen) atoms. The predicted octanol–water partition coefficient (Wildman–Crippen LogP) is -14.0.